The quantitative estimate of drug-likeness (QED) is 0.838. The number of amides is 1. The Bertz CT molecular complexity index is 564. The highest BCUT2D eigenvalue weighted by Gasteiger charge is 2.14. The zero-order chi connectivity index (χ0) is 11.5. The number of carbonyl (C=O) groups excluding carboxylic acids is 1. The second-order valence-corrected chi connectivity index (χ2v) is 3.85. The van der Waals surface area contributed by atoms with Gasteiger partial charge in [0.15, 0.2) is 0 Å². The molecule has 0 saturated carbocycles. The zero-order valence-electron chi connectivity index (χ0n) is 8.34. The van der Waals surface area contributed by atoms with Gasteiger partial charge in [0.2, 0.25) is 5.95 Å². The van der Waals surface area contributed by atoms with Crippen LogP contribution in [-0.2, 0) is 7.05 Å². The fraction of sp³-hybridized carbons (Fsp3) is 0.111. The number of aryl methyl sites for hydroxylation is 1. The first-order valence-corrected chi connectivity index (χ1v) is 5.23. The third kappa shape index (κ3) is 1.78. The van der Waals surface area contributed by atoms with Gasteiger partial charge in [-0.15, -0.1) is 11.3 Å². The van der Waals surface area contributed by atoms with Crippen LogP contribution in [0.1, 0.15) is 15.2 Å². The van der Waals surface area contributed by atoms with E-state index in [-0.39, 0.29) is 5.91 Å². The molecule has 0 spiro atoms. The molecule has 80 valence electrons. The van der Waals surface area contributed by atoms with E-state index >= 15 is 0 Å². The maximum atomic E-state index is 11.8. The van der Waals surface area contributed by atoms with E-state index in [0.717, 1.165) is 0 Å². The van der Waals surface area contributed by atoms with E-state index in [4.69, 9.17) is 5.26 Å². The topological polar surface area (TPSA) is 83.6 Å². The highest BCUT2D eigenvalue weighted by atomic mass is 32.1. The molecule has 0 unspecified atom stereocenters. The predicted octanol–water partition coefficient (Wildman–Crippen LogP) is 1.00. The van der Waals surface area contributed by atoms with Crippen LogP contribution in [0.3, 0.4) is 0 Å². The van der Waals surface area contributed by atoms with Crippen molar-refractivity contribution in [3.63, 3.8) is 0 Å². The summed E-state index contributed by atoms with van der Waals surface area (Å²) in [7, 11) is 1.67. The van der Waals surface area contributed by atoms with Crippen LogP contribution < -0.4 is 5.32 Å². The lowest BCUT2D eigenvalue weighted by molar-refractivity contribution is 0.102. The first-order chi connectivity index (χ1) is 7.72. The Labute approximate surface area is 95.2 Å². The van der Waals surface area contributed by atoms with Gasteiger partial charge in [-0.25, -0.2) is 4.68 Å². The summed E-state index contributed by atoms with van der Waals surface area (Å²) in [5.74, 6) is 0.00457. The van der Waals surface area contributed by atoms with Gasteiger partial charge in [-0.05, 0) is 11.4 Å². The van der Waals surface area contributed by atoms with Crippen molar-refractivity contribution in [2.45, 2.75) is 0 Å². The Morgan fingerprint density at radius 3 is 3.12 bits per heavy atom. The number of hydrogen-bond donors (Lipinski definition) is 1. The highest BCUT2D eigenvalue weighted by molar-refractivity contribution is 7.12. The molecule has 0 aliphatic carbocycles. The number of thiophene rings is 1. The lowest BCUT2D eigenvalue weighted by Gasteiger charge is -2.01. The molecule has 2 rings (SSSR count). The maximum absolute atomic E-state index is 11.8. The summed E-state index contributed by atoms with van der Waals surface area (Å²) in [4.78, 5) is 16.0. The van der Waals surface area contributed by atoms with Crippen LogP contribution >= 0.6 is 11.3 Å². The summed E-state index contributed by atoms with van der Waals surface area (Å²) >= 11 is 1.22. The van der Waals surface area contributed by atoms with Crippen molar-refractivity contribution in [3.05, 3.63) is 28.2 Å². The van der Waals surface area contributed by atoms with Crippen LogP contribution in [0.5, 0.6) is 0 Å². The van der Waals surface area contributed by atoms with E-state index in [1.54, 1.807) is 18.5 Å². The SMILES string of the molecule is Cn1ncnc1NC(=O)c1sccc1C#N. The highest BCUT2D eigenvalue weighted by Crippen LogP contribution is 2.16. The number of nitrogens with one attached hydrogen (secondary N) is 1. The Morgan fingerprint density at radius 1 is 1.69 bits per heavy atom. The van der Waals surface area contributed by atoms with Crippen LogP contribution in [0.4, 0.5) is 5.95 Å². The number of hydrogen-bond acceptors (Lipinski definition) is 5. The summed E-state index contributed by atoms with van der Waals surface area (Å²) in [6.07, 6.45) is 1.34. The van der Waals surface area contributed by atoms with E-state index in [1.807, 2.05) is 6.07 Å². The maximum Gasteiger partial charge on any atom is 0.269 e. The average Bonchev–Trinajstić information content (AvgIpc) is 2.87. The third-order valence-electron chi connectivity index (χ3n) is 1.93. The van der Waals surface area contributed by atoms with E-state index in [0.29, 0.717) is 16.4 Å². The molecule has 2 heterocycles. The Balaban J connectivity index is 2.22. The Morgan fingerprint density at radius 2 is 2.50 bits per heavy atom. The molecule has 0 fully saturated rings. The Hall–Kier alpha value is -2.20. The largest absolute Gasteiger partial charge is 0.290 e. The number of nitriles is 1. The van der Waals surface area contributed by atoms with Gasteiger partial charge in [0, 0.05) is 7.05 Å². The summed E-state index contributed by atoms with van der Waals surface area (Å²) < 4.78 is 1.44. The van der Waals surface area contributed by atoms with Gasteiger partial charge in [0.1, 0.15) is 17.3 Å². The molecule has 6 nitrogen and oxygen atoms in total. The zero-order valence-corrected chi connectivity index (χ0v) is 9.15. The molecular weight excluding hydrogens is 226 g/mol. The smallest absolute Gasteiger partial charge is 0.269 e. The molecule has 0 aromatic carbocycles. The molecular formula is C9H7N5OS. The second kappa shape index (κ2) is 4.12. The van der Waals surface area contributed by atoms with Gasteiger partial charge in [0.05, 0.1) is 5.56 Å². The van der Waals surface area contributed by atoms with Crippen LogP contribution in [0, 0.1) is 11.3 Å². The van der Waals surface area contributed by atoms with Crippen LogP contribution in [0.25, 0.3) is 0 Å². The van der Waals surface area contributed by atoms with Gasteiger partial charge in [-0.1, -0.05) is 0 Å². The summed E-state index contributed by atoms with van der Waals surface area (Å²) in [6.45, 7) is 0. The van der Waals surface area contributed by atoms with E-state index < -0.39 is 0 Å². The number of anilines is 1. The lowest BCUT2D eigenvalue weighted by Crippen LogP contribution is -2.15. The molecule has 16 heavy (non-hydrogen) atoms. The predicted molar refractivity (Wildman–Crippen MR) is 58.0 cm³/mol. The fourth-order valence-corrected chi connectivity index (χ4v) is 1.88. The fourth-order valence-electron chi connectivity index (χ4n) is 1.14. The Kier molecular flexibility index (Phi) is 2.66. The van der Waals surface area contributed by atoms with Gasteiger partial charge < -0.3 is 0 Å². The monoisotopic (exact) mass is 233 g/mol. The minimum Gasteiger partial charge on any atom is -0.290 e. The summed E-state index contributed by atoms with van der Waals surface area (Å²) in [5, 5.41) is 16.9. The van der Waals surface area contributed by atoms with E-state index in [2.05, 4.69) is 15.4 Å². The minimum absolute atomic E-state index is 0.345. The van der Waals surface area contributed by atoms with Gasteiger partial charge in [-0.2, -0.15) is 15.3 Å². The molecule has 0 atom stereocenters. The number of aromatic nitrogens is 3. The summed E-state index contributed by atoms with van der Waals surface area (Å²) in [5.41, 5.74) is 0.365. The van der Waals surface area contributed by atoms with Crippen molar-refractivity contribution in [2.24, 2.45) is 7.05 Å². The first-order valence-electron chi connectivity index (χ1n) is 4.35. The minimum atomic E-state index is -0.345. The second-order valence-electron chi connectivity index (χ2n) is 2.94. The molecule has 0 saturated heterocycles. The molecule has 0 aliphatic rings. The number of rotatable bonds is 2. The van der Waals surface area contributed by atoms with E-state index in [1.165, 1.54) is 22.3 Å². The van der Waals surface area contributed by atoms with Crippen molar-refractivity contribution >= 4 is 23.2 Å². The lowest BCUT2D eigenvalue weighted by atomic mass is 10.3. The van der Waals surface area contributed by atoms with Crippen molar-refractivity contribution in [3.8, 4) is 6.07 Å². The average molecular weight is 233 g/mol. The standard InChI is InChI=1S/C9H7N5OS/c1-14-9(11-5-12-14)13-8(15)7-6(4-10)2-3-16-7/h2-3,5H,1H3,(H,11,12,13,15). The van der Waals surface area contributed by atoms with Gasteiger partial charge >= 0.3 is 0 Å². The van der Waals surface area contributed by atoms with Gasteiger partial charge in [0.25, 0.3) is 5.91 Å². The molecule has 2 aromatic heterocycles. The molecule has 7 heteroatoms. The third-order valence-corrected chi connectivity index (χ3v) is 2.84. The van der Waals surface area contributed by atoms with Crippen LogP contribution in [0.15, 0.2) is 17.8 Å². The van der Waals surface area contributed by atoms with Crippen LogP contribution in [-0.4, -0.2) is 20.7 Å². The van der Waals surface area contributed by atoms with Crippen molar-refractivity contribution in [2.75, 3.05) is 5.32 Å². The van der Waals surface area contributed by atoms with Gasteiger partial charge in [-0.3, -0.25) is 10.1 Å². The van der Waals surface area contributed by atoms with Crippen molar-refractivity contribution < 1.29 is 4.79 Å². The molecule has 1 amide bonds. The molecule has 1 N–H and O–H groups in total. The molecule has 0 aliphatic heterocycles. The van der Waals surface area contributed by atoms with Crippen molar-refractivity contribution in [1.82, 2.24) is 14.8 Å². The molecule has 0 radical (unpaired) electrons. The number of nitrogens with zero attached hydrogens (tertiary/aromatic N) is 4. The van der Waals surface area contributed by atoms with E-state index in [9.17, 15) is 4.79 Å². The molecule has 0 bridgehead atoms. The van der Waals surface area contributed by atoms with Crippen molar-refractivity contribution in [1.29, 1.82) is 5.26 Å². The summed E-state index contributed by atoms with van der Waals surface area (Å²) in [6, 6.07) is 3.56. The normalized spacial score (nSPS) is 9.75. The first kappa shape index (κ1) is 10.3. The van der Waals surface area contributed by atoms with Crippen LogP contribution in [0.2, 0.25) is 0 Å². The number of carbonyl (C=O) groups is 1. The molecule has 2 aromatic rings.